The Bertz CT molecular complexity index is 397. The Morgan fingerprint density at radius 1 is 1.33 bits per heavy atom. The molecule has 0 atom stereocenters. The minimum absolute atomic E-state index is 0.230. The molecule has 2 nitrogen and oxygen atoms in total. The van der Waals surface area contributed by atoms with E-state index in [1.165, 1.54) is 6.92 Å². The molecule has 1 aliphatic carbocycles. The van der Waals surface area contributed by atoms with Gasteiger partial charge in [-0.15, -0.1) is 0 Å². The molecule has 1 aromatic rings. The summed E-state index contributed by atoms with van der Waals surface area (Å²) in [5, 5.41) is 0.586. The SMILES string of the molecule is CC.CC(=O)OC1CC(F)(c2ccc(Cl)cc2)C1. The number of hydrogen-bond donors (Lipinski definition) is 0. The highest BCUT2D eigenvalue weighted by molar-refractivity contribution is 6.30. The second-order valence-electron chi connectivity index (χ2n) is 4.11. The summed E-state index contributed by atoms with van der Waals surface area (Å²) < 4.78 is 19.2. The maximum absolute atomic E-state index is 14.2. The third kappa shape index (κ3) is 3.45. The van der Waals surface area contributed by atoms with E-state index in [1.807, 2.05) is 13.8 Å². The van der Waals surface area contributed by atoms with Gasteiger partial charge < -0.3 is 4.74 Å². The molecule has 1 aromatic carbocycles. The van der Waals surface area contributed by atoms with Gasteiger partial charge in [0.15, 0.2) is 0 Å². The van der Waals surface area contributed by atoms with E-state index in [2.05, 4.69) is 0 Å². The quantitative estimate of drug-likeness (QED) is 0.752. The van der Waals surface area contributed by atoms with Gasteiger partial charge in [0.2, 0.25) is 0 Å². The molecule has 0 spiro atoms. The molecule has 1 aliphatic rings. The van der Waals surface area contributed by atoms with Crippen LogP contribution in [0.25, 0.3) is 0 Å². The van der Waals surface area contributed by atoms with E-state index < -0.39 is 5.67 Å². The Kier molecular flexibility index (Phi) is 5.15. The number of carbonyl (C=O) groups excluding carboxylic acids is 1. The maximum atomic E-state index is 14.2. The van der Waals surface area contributed by atoms with Crippen LogP contribution in [0.2, 0.25) is 5.02 Å². The molecular weight excluding hydrogens is 255 g/mol. The van der Waals surface area contributed by atoms with Crippen molar-refractivity contribution >= 4 is 17.6 Å². The van der Waals surface area contributed by atoms with Crippen molar-refractivity contribution < 1.29 is 13.9 Å². The first-order valence-corrected chi connectivity index (χ1v) is 6.49. The zero-order valence-electron chi connectivity index (χ0n) is 10.9. The number of carbonyl (C=O) groups is 1. The first kappa shape index (κ1) is 15.0. The largest absolute Gasteiger partial charge is 0.462 e. The Balaban J connectivity index is 0.000000771. The summed E-state index contributed by atoms with van der Waals surface area (Å²) >= 11 is 5.73. The lowest BCUT2D eigenvalue weighted by Gasteiger charge is -2.40. The summed E-state index contributed by atoms with van der Waals surface area (Å²) in [5.41, 5.74) is -0.773. The van der Waals surface area contributed by atoms with Crippen molar-refractivity contribution in [3.63, 3.8) is 0 Å². The zero-order valence-corrected chi connectivity index (χ0v) is 11.6. The van der Waals surface area contributed by atoms with Gasteiger partial charge in [-0.05, 0) is 17.7 Å². The second kappa shape index (κ2) is 6.19. The van der Waals surface area contributed by atoms with Crippen molar-refractivity contribution in [2.45, 2.75) is 45.4 Å². The number of rotatable bonds is 2. The summed E-state index contributed by atoms with van der Waals surface area (Å²) in [4.78, 5) is 10.7. The van der Waals surface area contributed by atoms with Crippen molar-refractivity contribution in [3.8, 4) is 0 Å². The summed E-state index contributed by atoms with van der Waals surface area (Å²) in [6, 6.07) is 6.67. The molecule has 0 saturated heterocycles. The molecule has 0 amide bonds. The average molecular weight is 273 g/mol. The van der Waals surface area contributed by atoms with E-state index >= 15 is 0 Å². The molecule has 0 heterocycles. The monoisotopic (exact) mass is 272 g/mol. The molecule has 0 N–H and O–H groups in total. The molecule has 0 radical (unpaired) electrons. The Morgan fingerprint density at radius 3 is 2.28 bits per heavy atom. The molecule has 18 heavy (non-hydrogen) atoms. The molecule has 2 rings (SSSR count). The fourth-order valence-corrected chi connectivity index (χ4v) is 2.09. The van der Waals surface area contributed by atoms with Gasteiger partial charge >= 0.3 is 5.97 Å². The van der Waals surface area contributed by atoms with E-state index in [4.69, 9.17) is 16.3 Å². The van der Waals surface area contributed by atoms with Crippen molar-refractivity contribution in [2.24, 2.45) is 0 Å². The van der Waals surface area contributed by atoms with Gasteiger partial charge in [0, 0.05) is 24.8 Å². The van der Waals surface area contributed by atoms with Crippen LogP contribution >= 0.6 is 11.6 Å². The molecule has 1 fully saturated rings. The van der Waals surface area contributed by atoms with Crippen LogP contribution in [0.15, 0.2) is 24.3 Å². The number of benzene rings is 1. The number of alkyl halides is 1. The van der Waals surface area contributed by atoms with Crippen LogP contribution in [0.4, 0.5) is 4.39 Å². The normalized spacial score (nSPS) is 25.5. The fourth-order valence-electron chi connectivity index (χ4n) is 1.96. The standard InChI is InChI=1S/C12H12ClFO2.C2H6/c1-8(15)16-11-6-12(14,7-11)9-2-4-10(13)5-3-9;1-2/h2-5,11H,6-7H2,1H3;1-2H3. The number of esters is 1. The molecule has 4 heteroatoms. The molecule has 1 saturated carbocycles. The van der Waals surface area contributed by atoms with Crippen molar-refractivity contribution in [1.82, 2.24) is 0 Å². The van der Waals surface area contributed by atoms with Gasteiger partial charge in [-0.2, -0.15) is 0 Å². The molecule has 0 aliphatic heterocycles. The second-order valence-corrected chi connectivity index (χ2v) is 4.55. The highest BCUT2D eigenvalue weighted by Gasteiger charge is 2.48. The molecule has 100 valence electrons. The summed E-state index contributed by atoms with van der Waals surface area (Å²) in [6.45, 7) is 5.33. The first-order valence-electron chi connectivity index (χ1n) is 6.12. The van der Waals surface area contributed by atoms with Crippen LogP contribution < -0.4 is 0 Å². The zero-order chi connectivity index (χ0) is 13.8. The van der Waals surface area contributed by atoms with E-state index in [1.54, 1.807) is 24.3 Å². The minimum atomic E-state index is -1.37. The van der Waals surface area contributed by atoms with E-state index in [9.17, 15) is 9.18 Å². The topological polar surface area (TPSA) is 26.3 Å². The average Bonchev–Trinajstić information content (AvgIpc) is 2.29. The van der Waals surface area contributed by atoms with Crippen LogP contribution in [-0.4, -0.2) is 12.1 Å². The van der Waals surface area contributed by atoms with Crippen LogP contribution in [0.1, 0.15) is 39.2 Å². The smallest absolute Gasteiger partial charge is 0.302 e. The lowest BCUT2D eigenvalue weighted by atomic mass is 9.74. The first-order chi connectivity index (χ1) is 8.49. The molecule has 0 unspecified atom stereocenters. The predicted molar refractivity (Wildman–Crippen MR) is 70.4 cm³/mol. The van der Waals surface area contributed by atoms with Crippen molar-refractivity contribution in [2.75, 3.05) is 0 Å². The predicted octanol–water partition coefficient (Wildman–Crippen LogP) is 4.26. The van der Waals surface area contributed by atoms with E-state index in [0.29, 0.717) is 10.6 Å². The van der Waals surface area contributed by atoms with Gasteiger partial charge in [-0.3, -0.25) is 4.79 Å². The van der Waals surface area contributed by atoms with Crippen LogP contribution in [0, 0.1) is 0 Å². The number of halogens is 2. The Hall–Kier alpha value is -1.09. The summed E-state index contributed by atoms with van der Waals surface area (Å²) in [6.07, 6.45) is 0.167. The number of ether oxygens (including phenoxy) is 1. The van der Waals surface area contributed by atoms with E-state index in [0.717, 1.165) is 0 Å². The summed E-state index contributed by atoms with van der Waals surface area (Å²) in [7, 11) is 0. The van der Waals surface area contributed by atoms with Gasteiger partial charge in [0.25, 0.3) is 0 Å². The van der Waals surface area contributed by atoms with Crippen LogP contribution in [-0.2, 0) is 15.2 Å². The van der Waals surface area contributed by atoms with Crippen molar-refractivity contribution in [3.05, 3.63) is 34.9 Å². The maximum Gasteiger partial charge on any atom is 0.302 e. The van der Waals surface area contributed by atoms with Crippen LogP contribution in [0.3, 0.4) is 0 Å². The van der Waals surface area contributed by atoms with Gasteiger partial charge in [-0.1, -0.05) is 37.6 Å². The molecule has 0 aromatic heterocycles. The Morgan fingerprint density at radius 2 is 1.83 bits per heavy atom. The lowest BCUT2D eigenvalue weighted by Crippen LogP contribution is -2.43. The Labute approximate surface area is 112 Å². The fraction of sp³-hybridized carbons (Fsp3) is 0.500. The highest BCUT2D eigenvalue weighted by atomic mass is 35.5. The van der Waals surface area contributed by atoms with E-state index in [-0.39, 0.29) is 24.9 Å². The molecule has 0 bridgehead atoms. The van der Waals surface area contributed by atoms with Gasteiger partial charge in [-0.25, -0.2) is 4.39 Å². The minimum Gasteiger partial charge on any atom is -0.462 e. The third-order valence-corrected chi connectivity index (χ3v) is 3.05. The molecular formula is C14H18ClFO2. The highest BCUT2D eigenvalue weighted by Crippen LogP contribution is 2.46. The van der Waals surface area contributed by atoms with Gasteiger partial charge in [0.1, 0.15) is 11.8 Å². The summed E-state index contributed by atoms with van der Waals surface area (Å²) in [5.74, 6) is -0.358. The number of hydrogen-bond acceptors (Lipinski definition) is 2. The van der Waals surface area contributed by atoms with Gasteiger partial charge in [0.05, 0.1) is 0 Å². The lowest BCUT2D eigenvalue weighted by molar-refractivity contribution is -0.161. The van der Waals surface area contributed by atoms with Crippen molar-refractivity contribution in [1.29, 1.82) is 0 Å². The third-order valence-electron chi connectivity index (χ3n) is 2.80. The van der Waals surface area contributed by atoms with Crippen LogP contribution in [0.5, 0.6) is 0 Å².